The van der Waals surface area contributed by atoms with Gasteiger partial charge >= 0.3 is 6.18 Å². The van der Waals surface area contributed by atoms with Crippen LogP contribution in [0.5, 0.6) is 0 Å². The van der Waals surface area contributed by atoms with E-state index < -0.39 is 17.6 Å². The van der Waals surface area contributed by atoms with E-state index in [0.29, 0.717) is 5.69 Å². The van der Waals surface area contributed by atoms with Gasteiger partial charge in [-0.15, -0.1) is 0 Å². The Morgan fingerprint density at radius 2 is 1.89 bits per heavy atom. The maximum atomic E-state index is 12.3. The van der Waals surface area contributed by atoms with Crippen LogP contribution in [0.15, 0.2) is 34.9 Å². The van der Waals surface area contributed by atoms with Gasteiger partial charge in [0.25, 0.3) is 5.91 Å². The lowest BCUT2D eigenvalue weighted by Gasteiger charge is -2.07. The van der Waals surface area contributed by atoms with Gasteiger partial charge in [0.05, 0.1) is 11.3 Å². The number of halogens is 3. The van der Waals surface area contributed by atoms with Crippen molar-refractivity contribution in [2.45, 2.75) is 13.1 Å². The number of carbonyl (C=O) groups is 1. The molecule has 1 amide bonds. The van der Waals surface area contributed by atoms with Gasteiger partial charge in [-0.2, -0.15) is 13.2 Å². The van der Waals surface area contributed by atoms with Crippen molar-refractivity contribution in [1.82, 2.24) is 5.16 Å². The Balaban J connectivity index is 2.12. The first-order chi connectivity index (χ1) is 8.86. The molecule has 0 radical (unpaired) electrons. The second-order valence-corrected chi connectivity index (χ2v) is 3.86. The van der Waals surface area contributed by atoms with E-state index in [9.17, 15) is 18.0 Å². The molecule has 0 saturated carbocycles. The molecule has 0 saturated heterocycles. The Labute approximate surface area is 106 Å². The van der Waals surface area contributed by atoms with Crippen molar-refractivity contribution in [3.8, 4) is 0 Å². The van der Waals surface area contributed by atoms with Crippen LogP contribution in [0.1, 0.15) is 21.6 Å². The first-order valence-corrected chi connectivity index (χ1v) is 5.28. The molecule has 0 aliphatic rings. The average molecular weight is 270 g/mol. The first-order valence-electron chi connectivity index (χ1n) is 5.28. The van der Waals surface area contributed by atoms with E-state index in [2.05, 4.69) is 10.5 Å². The Kier molecular flexibility index (Phi) is 3.28. The van der Waals surface area contributed by atoms with Gasteiger partial charge in [-0.25, -0.2) is 0 Å². The quantitative estimate of drug-likeness (QED) is 0.911. The molecule has 0 aliphatic heterocycles. The van der Waals surface area contributed by atoms with Gasteiger partial charge in [0.2, 0.25) is 5.88 Å². The zero-order valence-corrected chi connectivity index (χ0v) is 9.78. The standard InChI is InChI=1S/C12H9F3N2O2/c1-7-6-10(19-17-7)16-11(18)8-2-4-9(5-3-8)12(13,14)15/h2-6H,1H3,(H,16,18). The lowest BCUT2D eigenvalue weighted by atomic mass is 10.1. The van der Waals surface area contributed by atoms with Gasteiger partial charge < -0.3 is 4.52 Å². The number of carbonyl (C=O) groups excluding carboxylic acids is 1. The number of hydrogen-bond donors (Lipinski definition) is 1. The maximum absolute atomic E-state index is 12.3. The van der Waals surface area contributed by atoms with E-state index in [1.165, 1.54) is 6.07 Å². The third-order valence-corrected chi connectivity index (χ3v) is 2.34. The fraction of sp³-hybridized carbons (Fsp3) is 0.167. The monoisotopic (exact) mass is 270 g/mol. The Morgan fingerprint density at radius 3 is 2.37 bits per heavy atom. The normalized spacial score (nSPS) is 11.4. The molecule has 0 fully saturated rings. The minimum atomic E-state index is -4.42. The molecular formula is C12H9F3N2O2. The van der Waals surface area contributed by atoms with Crippen LogP contribution < -0.4 is 5.32 Å². The minimum Gasteiger partial charge on any atom is -0.338 e. The summed E-state index contributed by atoms with van der Waals surface area (Å²) in [7, 11) is 0. The van der Waals surface area contributed by atoms with Crippen LogP contribution in [0.3, 0.4) is 0 Å². The van der Waals surface area contributed by atoms with Crippen LogP contribution in [0.4, 0.5) is 19.1 Å². The van der Waals surface area contributed by atoms with Crippen LogP contribution in [-0.2, 0) is 6.18 Å². The third-order valence-electron chi connectivity index (χ3n) is 2.34. The Bertz CT molecular complexity index is 588. The number of anilines is 1. The largest absolute Gasteiger partial charge is 0.416 e. The zero-order valence-electron chi connectivity index (χ0n) is 9.78. The summed E-state index contributed by atoms with van der Waals surface area (Å²) >= 11 is 0. The lowest BCUT2D eigenvalue weighted by Crippen LogP contribution is -2.12. The summed E-state index contributed by atoms with van der Waals surface area (Å²) in [6, 6.07) is 5.39. The molecule has 19 heavy (non-hydrogen) atoms. The average Bonchev–Trinajstić information content (AvgIpc) is 2.74. The van der Waals surface area contributed by atoms with Gasteiger partial charge in [0, 0.05) is 11.6 Å². The Morgan fingerprint density at radius 1 is 1.26 bits per heavy atom. The van der Waals surface area contributed by atoms with E-state index in [4.69, 9.17) is 4.52 Å². The van der Waals surface area contributed by atoms with Gasteiger partial charge in [0.15, 0.2) is 0 Å². The highest BCUT2D eigenvalue weighted by Crippen LogP contribution is 2.29. The van der Waals surface area contributed by atoms with E-state index >= 15 is 0 Å². The van der Waals surface area contributed by atoms with Crippen molar-refractivity contribution in [1.29, 1.82) is 0 Å². The second-order valence-electron chi connectivity index (χ2n) is 3.86. The molecule has 1 N–H and O–H groups in total. The van der Waals surface area contributed by atoms with E-state index in [1.54, 1.807) is 6.92 Å². The molecule has 1 heterocycles. The van der Waals surface area contributed by atoms with E-state index in [1.807, 2.05) is 0 Å². The number of aromatic nitrogens is 1. The van der Waals surface area contributed by atoms with Crippen LogP contribution in [0.25, 0.3) is 0 Å². The van der Waals surface area contributed by atoms with Crippen LogP contribution in [0, 0.1) is 6.92 Å². The lowest BCUT2D eigenvalue weighted by molar-refractivity contribution is -0.137. The zero-order chi connectivity index (χ0) is 14.0. The highest BCUT2D eigenvalue weighted by Gasteiger charge is 2.30. The molecule has 0 unspecified atom stereocenters. The van der Waals surface area contributed by atoms with Gasteiger partial charge in [0.1, 0.15) is 0 Å². The second kappa shape index (κ2) is 4.75. The van der Waals surface area contributed by atoms with Crippen LogP contribution in [0.2, 0.25) is 0 Å². The number of benzene rings is 1. The summed E-state index contributed by atoms with van der Waals surface area (Å²) in [5.41, 5.74) is -0.121. The number of rotatable bonds is 2. The van der Waals surface area contributed by atoms with Crippen molar-refractivity contribution >= 4 is 11.8 Å². The maximum Gasteiger partial charge on any atom is 0.416 e. The Hall–Kier alpha value is -2.31. The van der Waals surface area contributed by atoms with Crippen molar-refractivity contribution < 1.29 is 22.5 Å². The summed E-state index contributed by atoms with van der Waals surface area (Å²) in [5.74, 6) is -0.424. The number of aryl methyl sites for hydroxylation is 1. The van der Waals surface area contributed by atoms with Crippen molar-refractivity contribution in [3.05, 3.63) is 47.2 Å². The molecule has 2 rings (SSSR count). The number of nitrogens with zero attached hydrogens (tertiary/aromatic N) is 1. The van der Waals surface area contributed by atoms with Gasteiger partial charge in [-0.3, -0.25) is 10.1 Å². The molecule has 100 valence electrons. The summed E-state index contributed by atoms with van der Waals surface area (Å²) in [5, 5.41) is 5.96. The summed E-state index contributed by atoms with van der Waals surface area (Å²) in [4.78, 5) is 11.7. The van der Waals surface area contributed by atoms with Crippen LogP contribution >= 0.6 is 0 Å². The summed E-state index contributed by atoms with van der Waals surface area (Å²) in [6.07, 6.45) is -4.42. The molecule has 0 atom stereocenters. The van der Waals surface area contributed by atoms with Crippen molar-refractivity contribution in [3.63, 3.8) is 0 Å². The fourth-order valence-corrected chi connectivity index (χ4v) is 1.42. The molecule has 0 aliphatic carbocycles. The van der Waals surface area contributed by atoms with E-state index in [-0.39, 0.29) is 11.4 Å². The topological polar surface area (TPSA) is 55.1 Å². The smallest absolute Gasteiger partial charge is 0.338 e. The SMILES string of the molecule is Cc1cc(NC(=O)c2ccc(C(F)(F)F)cc2)on1. The predicted molar refractivity (Wildman–Crippen MR) is 60.6 cm³/mol. The fourth-order valence-electron chi connectivity index (χ4n) is 1.42. The molecule has 0 spiro atoms. The molecule has 1 aromatic heterocycles. The minimum absolute atomic E-state index is 0.0991. The van der Waals surface area contributed by atoms with E-state index in [0.717, 1.165) is 24.3 Å². The molecule has 7 heteroatoms. The number of amides is 1. The number of nitrogens with one attached hydrogen (secondary N) is 1. The molecule has 0 bridgehead atoms. The predicted octanol–water partition coefficient (Wildman–Crippen LogP) is 3.25. The number of alkyl halides is 3. The molecule has 1 aromatic carbocycles. The van der Waals surface area contributed by atoms with Crippen molar-refractivity contribution in [2.75, 3.05) is 5.32 Å². The molecule has 4 nitrogen and oxygen atoms in total. The molecule has 2 aromatic rings. The highest BCUT2D eigenvalue weighted by atomic mass is 19.4. The van der Waals surface area contributed by atoms with Gasteiger partial charge in [-0.1, -0.05) is 5.16 Å². The summed E-state index contributed by atoms with van der Waals surface area (Å²) < 4.78 is 41.8. The third kappa shape index (κ3) is 3.12. The summed E-state index contributed by atoms with van der Waals surface area (Å²) in [6.45, 7) is 1.68. The highest BCUT2D eigenvalue weighted by molar-refractivity contribution is 6.03. The first kappa shape index (κ1) is 13.1. The molecular weight excluding hydrogens is 261 g/mol. The van der Waals surface area contributed by atoms with Gasteiger partial charge in [-0.05, 0) is 31.2 Å². The van der Waals surface area contributed by atoms with Crippen molar-refractivity contribution in [2.24, 2.45) is 0 Å². The van der Waals surface area contributed by atoms with Crippen LogP contribution in [-0.4, -0.2) is 11.1 Å². The number of hydrogen-bond acceptors (Lipinski definition) is 3.